The smallest absolute Gasteiger partial charge is 0.870 e. The molecule has 0 aliphatic rings. The summed E-state index contributed by atoms with van der Waals surface area (Å²) < 4.78 is 0. The van der Waals surface area contributed by atoms with Gasteiger partial charge in [0.05, 0.1) is 0 Å². The Morgan fingerprint density at radius 3 is 1.57 bits per heavy atom. The molecule has 1 N–H and O–H groups in total. The number of carbonyl (C=O) groups is 1. The summed E-state index contributed by atoms with van der Waals surface area (Å²) in [5.41, 5.74) is 0. The van der Waals surface area contributed by atoms with Crippen LogP contribution in [0.15, 0.2) is 0 Å². The monoisotopic (exact) mass is 158 g/mol. The fourth-order valence-electron chi connectivity index (χ4n) is 0. The van der Waals surface area contributed by atoms with Crippen molar-refractivity contribution >= 4 is 5.97 Å². The van der Waals surface area contributed by atoms with E-state index in [2.05, 4.69) is 0 Å². The van der Waals surface area contributed by atoms with Crippen molar-refractivity contribution in [2.24, 2.45) is 0 Å². The molecule has 0 amide bonds. The number of hydrogen-bond donors (Lipinski definition) is 0. The zero-order valence-corrected chi connectivity index (χ0v) is 7.14. The zero-order valence-electron chi connectivity index (χ0n) is 4.10. The zero-order chi connectivity index (χ0) is 3.58. The molecule has 0 saturated heterocycles. The SMILES string of the molecule is CC(=O)[O-].[Co+2].[Na+].[OH-]. The van der Waals surface area contributed by atoms with Gasteiger partial charge in [-0.25, -0.2) is 0 Å². The van der Waals surface area contributed by atoms with Gasteiger partial charge in [0.15, 0.2) is 0 Å². The molecule has 0 fully saturated rings. The van der Waals surface area contributed by atoms with E-state index in [1.165, 1.54) is 0 Å². The van der Waals surface area contributed by atoms with E-state index in [1.807, 2.05) is 0 Å². The van der Waals surface area contributed by atoms with E-state index in [-0.39, 0.29) is 51.8 Å². The van der Waals surface area contributed by atoms with E-state index >= 15 is 0 Å². The molecule has 0 aliphatic heterocycles. The summed E-state index contributed by atoms with van der Waals surface area (Å²) in [7, 11) is 0. The predicted octanol–water partition coefficient (Wildman–Crippen LogP) is -4.42. The molecule has 0 aromatic rings. The molecular weight excluding hydrogens is 154 g/mol. The van der Waals surface area contributed by atoms with Crippen LogP contribution >= 0.6 is 0 Å². The summed E-state index contributed by atoms with van der Waals surface area (Å²) in [4.78, 5) is 8.89. The molecule has 0 atom stereocenters. The van der Waals surface area contributed by atoms with Crippen molar-refractivity contribution in [3.63, 3.8) is 0 Å². The van der Waals surface area contributed by atoms with Crippen LogP contribution in [0.2, 0.25) is 0 Å². The van der Waals surface area contributed by atoms with Crippen LogP contribution in [0.4, 0.5) is 0 Å². The van der Waals surface area contributed by atoms with Crippen LogP contribution < -0.4 is 34.7 Å². The third-order valence-corrected chi connectivity index (χ3v) is 0. The van der Waals surface area contributed by atoms with E-state index in [0.717, 1.165) is 6.92 Å². The molecule has 5 heteroatoms. The Morgan fingerprint density at radius 2 is 1.57 bits per heavy atom. The second kappa shape index (κ2) is 15.8. The van der Waals surface area contributed by atoms with E-state index in [9.17, 15) is 0 Å². The average Bonchev–Trinajstić information content (AvgIpc) is 0.811. The molecule has 39 valence electrons. The Bertz CT molecular complexity index is 35.9. The van der Waals surface area contributed by atoms with Gasteiger partial charge in [0.25, 0.3) is 0 Å². The summed E-state index contributed by atoms with van der Waals surface area (Å²) in [6.45, 7) is 0.972. The van der Waals surface area contributed by atoms with Crippen LogP contribution in [0.5, 0.6) is 0 Å². The van der Waals surface area contributed by atoms with Crippen molar-refractivity contribution in [2.75, 3.05) is 0 Å². The fraction of sp³-hybridized carbons (Fsp3) is 0.500. The second-order valence-corrected chi connectivity index (χ2v) is 0.492. The Balaban J connectivity index is -0.0000000150. The van der Waals surface area contributed by atoms with Crippen molar-refractivity contribution in [3.05, 3.63) is 0 Å². The van der Waals surface area contributed by atoms with Gasteiger partial charge in [0, 0.05) is 5.97 Å². The van der Waals surface area contributed by atoms with E-state index in [1.54, 1.807) is 0 Å². The first-order valence-electron chi connectivity index (χ1n) is 0.908. The van der Waals surface area contributed by atoms with Crippen molar-refractivity contribution < 1.29 is 61.7 Å². The van der Waals surface area contributed by atoms with Crippen LogP contribution in [-0.2, 0) is 21.6 Å². The van der Waals surface area contributed by atoms with Crippen LogP contribution in [-0.4, -0.2) is 11.4 Å². The van der Waals surface area contributed by atoms with Crippen LogP contribution in [0.25, 0.3) is 0 Å². The van der Waals surface area contributed by atoms with Gasteiger partial charge in [-0.2, -0.15) is 0 Å². The minimum Gasteiger partial charge on any atom is -0.870 e. The van der Waals surface area contributed by atoms with Crippen molar-refractivity contribution in [3.8, 4) is 0 Å². The minimum absolute atomic E-state index is 0. The molecule has 0 bridgehead atoms. The molecule has 0 aromatic heterocycles. The summed E-state index contributed by atoms with van der Waals surface area (Å²) >= 11 is 0. The standard InChI is InChI=1S/C2H4O2.Co.Na.H2O/c1-2(3)4;;;/h1H3,(H,3,4);;;1H2/q;+2;+1;/p-2. The predicted molar refractivity (Wildman–Crippen MR) is 12.6 cm³/mol. The molecule has 1 radical (unpaired) electrons. The molecule has 3 nitrogen and oxygen atoms in total. The maximum absolute atomic E-state index is 8.89. The van der Waals surface area contributed by atoms with Gasteiger partial charge in [-0.1, -0.05) is 0 Å². The first-order valence-corrected chi connectivity index (χ1v) is 0.908. The van der Waals surface area contributed by atoms with E-state index in [0.29, 0.717) is 0 Å². The molecule has 0 heterocycles. The summed E-state index contributed by atoms with van der Waals surface area (Å²) in [6, 6.07) is 0. The molecular formula is C2H4CoNaO3+. The van der Waals surface area contributed by atoms with Crippen molar-refractivity contribution in [1.82, 2.24) is 0 Å². The topological polar surface area (TPSA) is 70.1 Å². The number of hydrogen-bond acceptors (Lipinski definition) is 3. The fourth-order valence-corrected chi connectivity index (χ4v) is 0. The van der Waals surface area contributed by atoms with Crippen LogP contribution in [0.1, 0.15) is 6.92 Å². The van der Waals surface area contributed by atoms with Gasteiger partial charge < -0.3 is 15.4 Å². The second-order valence-electron chi connectivity index (χ2n) is 0.492. The van der Waals surface area contributed by atoms with Gasteiger partial charge in [-0.3, -0.25) is 0 Å². The number of carbonyl (C=O) groups excluding carboxylic acids is 1. The molecule has 0 unspecified atom stereocenters. The normalized spacial score (nSPS) is 3.57. The maximum atomic E-state index is 8.89. The Hall–Kier alpha value is 0.936. The van der Waals surface area contributed by atoms with Crippen molar-refractivity contribution in [2.45, 2.75) is 6.92 Å². The summed E-state index contributed by atoms with van der Waals surface area (Å²) in [5, 5.41) is 8.89. The van der Waals surface area contributed by atoms with Crippen LogP contribution in [0, 0.1) is 0 Å². The first kappa shape index (κ1) is 24.6. The third-order valence-electron chi connectivity index (χ3n) is 0. The third kappa shape index (κ3) is 193. The van der Waals surface area contributed by atoms with Gasteiger partial charge in [-0.15, -0.1) is 0 Å². The Morgan fingerprint density at radius 1 is 1.57 bits per heavy atom. The first-order chi connectivity index (χ1) is 1.73. The van der Waals surface area contributed by atoms with Crippen molar-refractivity contribution in [1.29, 1.82) is 0 Å². The van der Waals surface area contributed by atoms with E-state index in [4.69, 9.17) is 9.90 Å². The number of aliphatic carboxylic acids is 1. The van der Waals surface area contributed by atoms with Crippen LogP contribution in [0.3, 0.4) is 0 Å². The number of rotatable bonds is 0. The quantitative estimate of drug-likeness (QED) is 0.334. The molecule has 0 spiro atoms. The van der Waals surface area contributed by atoms with Gasteiger partial charge in [0.2, 0.25) is 0 Å². The Labute approximate surface area is 74.3 Å². The number of carboxylic acids is 1. The molecule has 0 aromatic carbocycles. The van der Waals surface area contributed by atoms with Gasteiger partial charge in [0.1, 0.15) is 0 Å². The molecule has 0 aliphatic carbocycles. The van der Waals surface area contributed by atoms with Gasteiger partial charge >= 0.3 is 46.3 Å². The molecule has 0 saturated carbocycles. The minimum atomic E-state index is -1.08. The average molecular weight is 158 g/mol. The molecule has 7 heavy (non-hydrogen) atoms. The number of carboxylic acid groups (broad SMARTS) is 1. The summed E-state index contributed by atoms with van der Waals surface area (Å²) in [6.07, 6.45) is 0. The summed E-state index contributed by atoms with van der Waals surface area (Å²) in [5.74, 6) is -1.08. The largest absolute Gasteiger partial charge is 2.00 e. The molecule has 0 rings (SSSR count). The maximum Gasteiger partial charge on any atom is 2.00 e. The van der Waals surface area contributed by atoms with Gasteiger partial charge in [-0.05, 0) is 6.92 Å². The Kier molecular flexibility index (Phi) is 55.5. The van der Waals surface area contributed by atoms with E-state index < -0.39 is 5.97 Å².